The Hall–Kier alpha value is -3.26. The molecule has 0 unspecified atom stereocenters. The summed E-state index contributed by atoms with van der Waals surface area (Å²) in [7, 11) is 0. The molecule has 4 rings (SSSR count). The van der Waals surface area contributed by atoms with Gasteiger partial charge in [0.2, 0.25) is 0 Å². The molecular weight excluding hydrogens is 464 g/mol. The first-order valence-electron chi connectivity index (χ1n) is 11.8. The summed E-state index contributed by atoms with van der Waals surface area (Å²) in [5, 5.41) is 0.395. The Morgan fingerprint density at radius 2 is 1.89 bits per heavy atom. The topological polar surface area (TPSA) is 89.7 Å². The Bertz CT molecular complexity index is 1270. The molecule has 1 aliphatic carbocycles. The van der Waals surface area contributed by atoms with Gasteiger partial charge in [0.05, 0.1) is 12.2 Å². The van der Waals surface area contributed by atoms with Crippen LogP contribution in [0.1, 0.15) is 80.4 Å². The molecule has 0 aliphatic heterocycles. The van der Waals surface area contributed by atoms with Crippen LogP contribution in [0.4, 0.5) is 5.13 Å². The van der Waals surface area contributed by atoms with Crippen LogP contribution in [0.25, 0.3) is 0 Å². The van der Waals surface area contributed by atoms with Crippen LogP contribution < -0.4 is 4.90 Å². The van der Waals surface area contributed by atoms with Gasteiger partial charge >= 0.3 is 5.97 Å². The molecule has 0 atom stereocenters. The van der Waals surface area contributed by atoms with Crippen molar-refractivity contribution in [2.75, 3.05) is 18.1 Å². The van der Waals surface area contributed by atoms with Crippen molar-refractivity contribution in [3.8, 4) is 0 Å². The van der Waals surface area contributed by atoms with Crippen molar-refractivity contribution in [3.63, 3.8) is 0 Å². The normalized spacial score (nSPS) is 14.5. The van der Waals surface area contributed by atoms with Gasteiger partial charge in [-0.15, -0.1) is 11.3 Å². The summed E-state index contributed by atoms with van der Waals surface area (Å²) in [5.41, 5.74) is 2.14. The van der Waals surface area contributed by atoms with Crippen LogP contribution in [0.2, 0.25) is 0 Å². The minimum Gasteiger partial charge on any atom is -0.461 e. The predicted octanol–water partition coefficient (Wildman–Crippen LogP) is 5.57. The summed E-state index contributed by atoms with van der Waals surface area (Å²) in [6.07, 6.45) is 1.60. The second-order valence-corrected chi connectivity index (χ2v) is 10.8. The number of aromatic nitrogens is 1. The van der Waals surface area contributed by atoms with E-state index in [1.54, 1.807) is 25.7 Å². The molecule has 3 aromatic rings. The number of aryl methyl sites for hydroxylation is 1. The van der Waals surface area contributed by atoms with Crippen molar-refractivity contribution in [1.29, 1.82) is 0 Å². The van der Waals surface area contributed by atoms with Crippen molar-refractivity contribution >= 4 is 34.1 Å². The van der Waals surface area contributed by atoms with Crippen LogP contribution in [-0.4, -0.2) is 35.8 Å². The Balaban J connectivity index is 1.72. The van der Waals surface area contributed by atoms with Crippen molar-refractivity contribution in [1.82, 2.24) is 4.98 Å². The third-order valence-corrected chi connectivity index (χ3v) is 7.16. The van der Waals surface area contributed by atoms with E-state index in [9.17, 15) is 14.4 Å². The number of furan rings is 1. The number of carbonyl (C=O) groups excluding carboxylic acids is 3. The van der Waals surface area contributed by atoms with Crippen LogP contribution in [0.3, 0.4) is 0 Å². The molecule has 1 aliphatic rings. The summed E-state index contributed by atoms with van der Waals surface area (Å²) in [6.45, 7) is 9.90. The van der Waals surface area contributed by atoms with Gasteiger partial charge in [-0.25, -0.2) is 9.78 Å². The van der Waals surface area contributed by atoms with E-state index in [1.165, 1.54) is 11.3 Å². The minimum absolute atomic E-state index is 0.00192. The molecular formula is C27H30N2O5S. The fourth-order valence-electron chi connectivity index (χ4n) is 4.47. The smallest absolute Gasteiger partial charge is 0.358 e. The Kier molecular flexibility index (Phi) is 6.94. The molecule has 0 saturated carbocycles. The number of hydrogen-bond donors (Lipinski definition) is 0. The number of ketones is 1. The molecule has 8 heteroatoms. The molecule has 0 spiro atoms. The van der Waals surface area contributed by atoms with E-state index in [0.29, 0.717) is 52.7 Å². The first kappa shape index (κ1) is 24.9. The van der Waals surface area contributed by atoms with E-state index in [0.717, 1.165) is 5.56 Å². The summed E-state index contributed by atoms with van der Waals surface area (Å²) in [5.74, 6) is -0.164. The largest absolute Gasteiger partial charge is 0.461 e. The third-order valence-electron chi connectivity index (χ3n) is 6.17. The maximum Gasteiger partial charge on any atom is 0.358 e. The number of esters is 1. The number of thiazole rings is 1. The molecule has 0 N–H and O–H groups in total. The second-order valence-electron chi connectivity index (χ2n) is 9.61. The highest BCUT2D eigenvalue weighted by atomic mass is 32.1. The van der Waals surface area contributed by atoms with Crippen LogP contribution >= 0.6 is 11.3 Å². The fourth-order valence-corrected chi connectivity index (χ4v) is 5.39. The average Bonchev–Trinajstić information content (AvgIpc) is 3.33. The van der Waals surface area contributed by atoms with E-state index in [-0.39, 0.29) is 35.2 Å². The van der Waals surface area contributed by atoms with Crippen molar-refractivity contribution in [2.24, 2.45) is 5.41 Å². The number of rotatable bonds is 7. The van der Waals surface area contributed by atoms with Crippen LogP contribution in [0, 0.1) is 19.3 Å². The number of nitrogens with zero attached hydrogens (tertiary/aromatic N) is 2. The lowest BCUT2D eigenvalue weighted by Crippen LogP contribution is -2.33. The molecule has 7 nitrogen and oxygen atoms in total. The van der Waals surface area contributed by atoms with E-state index < -0.39 is 5.97 Å². The highest BCUT2D eigenvalue weighted by Crippen LogP contribution is 2.39. The number of benzene rings is 1. The van der Waals surface area contributed by atoms with Gasteiger partial charge in [-0.2, -0.15) is 0 Å². The maximum atomic E-state index is 13.9. The first-order chi connectivity index (χ1) is 16.6. The summed E-state index contributed by atoms with van der Waals surface area (Å²) in [6, 6.07) is 9.84. The number of amides is 1. The van der Waals surface area contributed by atoms with Crippen molar-refractivity contribution in [3.05, 3.63) is 69.1 Å². The highest BCUT2D eigenvalue weighted by molar-refractivity contribution is 7.16. The Morgan fingerprint density at radius 1 is 1.17 bits per heavy atom. The summed E-state index contributed by atoms with van der Waals surface area (Å²) in [4.78, 5) is 45.8. The third kappa shape index (κ3) is 5.07. The first-order valence-corrected chi connectivity index (χ1v) is 12.6. The SMILES string of the molecule is CCOC(=O)c1nc(N(CCc2ccccc2)C(=O)c2oc3c(c2C)C(=O)CC(C)(C)C3)sc1C. The number of ether oxygens (including phenoxy) is 1. The molecule has 184 valence electrons. The molecule has 2 aromatic heterocycles. The molecule has 2 heterocycles. The minimum atomic E-state index is -0.513. The van der Waals surface area contributed by atoms with E-state index in [4.69, 9.17) is 9.15 Å². The second kappa shape index (κ2) is 9.77. The Labute approximate surface area is 209 Å². The Morgan fingerprint density at radius 3 is 2.57 bits per heavy atom. The average molecular weight is 495 g/mol. The number of anilines is 1. The van der Waals surface area contributed by atoms with Gasteiger partial charge in [0.25, 0.3) is 5.91 Å². The lowest BCUT2D eigenvalue weighted by molar-refractivity contribution is 0.0519. The number of carbonyl (C=O) groups is 3. The van der Waals surface area contributed by atoms with E-state index >= 15 is 0 Å². The molecule has 0 radical (unpaired) electrons. The summed E-state index contributed by atoms with van der Waals surface area (Å²) < 4.78 is 11.2. The van der Waals surface area contributed by atoms with E-state index in [1.807, 2.05) is 44.2 Å². The molecule has 1 aromatic carbocycles. The quantitative estimate of drug-likeness (QED) is 0.399. The zero-order valence-corrected chi connectivity index (χ0v) is 21.6. The monoisotopic (exact) mass is 494 g/mol. The molecule has 0 fully saturated rings. The van der Waals surface area contributed by atoms with Crippen LogP contribution in [-0.2, 0) is 17.6 Å². The standard InChI is InChI=1S/C27H30N2O5S/c1-6-33-25(32)22-17(3)35-26(28-22)29(13-12-18-10-8-7-9-11-18)24(31)23-16(2)21-19(30)14-27(4,5)15-20(21)34-23/h7-11H,6,12-15H2,1-5H3. The zero-order chi connectivity index (χ0) is 25.3. The fraction of sp³-hybridized carbons (Fsp3) is 0.407. The van der Waals surface area contributed by atoms with Gasteiger partial charge in [-0.3, -0.25) is 14.5 Å². The number of hydrogen-bond acceptors (Lipinski definition) is 7. The zero-order valence-electron chi connectivity index (χ0n) is 20.8. The van der Waals surface area contributed by atoms with Gasteiger partial charge in [0, 0.05) is 29.8 Å². The van der Waals surface area contributed by atoms with Gasteiger partial charge in [0.15, 0.2) is 22.4 Å². The molecule has 35 heavy (non-hydrogen) atoms. The van der Waals surface area contributed by atoms with Crippen LogP contribution in [0.5, 0.6) is 0 Å². The van der Waals surface area contributed by atoms with Crippen LogP contribution in [0.15, 0.2) is 34.7 Å². The lowest BCUT2D eigenvalue weighted by Gasteiger charge is -2.27. The molecule has 1 amide bonds. The molecule has 0 bridgehead atoms. The summed E-state index contributed by atoms with van der Waals surface area (Å²) >= 11 is 1.26. The molecule has 0 saturated heterocycles. The van der Waals surface area contributed by atoms with Gasteiger partial charge in [-0.05, 0) is 38.2 Å². The lowest BCUT2D eigenvalue weighted by atomic mass is 9.76. The highest BCUT2D eigenvalue weighted by Gasteiger charge is 2.38. The van der Waals surface area contributed by atoms with Crippen molar-refractivity contribution in [2.45, 2.75) is 53.9 Å². The number of Topliss-reactive ketones (excluding diaryl/α,β-unsaturated/α-hetero) is 1. The predicted molar refractivity (Wildman–Crippen MR) is 135 cm³/mol. The van der Waals surface area contributed by atoms with Gasteiger partial charge in [0.1, 0.15) is 5.76 Å². The maximum absolute atomic E-state index is 13.9. The van der Waals surface area contributed by atoms with Gasteiger partial charge < -0.3 is 9.15 Å². The van der Waals surface area contributed by atoms with E-state index in [2.05, 4.69) is 4.98 Å². The number of fused-ring (bicyclic) bond motifs is 1. The van der Waals surface area contributed by atoms with Gasteiger partial charge in [-0.1, -0.05) is 44.2 Å². The van der Waals surface area contributed by atoms with Crippen molar-refractivity contribution < 1.29 is 23.5 Å².